The van der Waals surface area contributed by atoms with E-state index in [0.29, 0.717) is 13.0 Å². The summed E-state index contributed by atoms with van der Waals surface area (Å²) < 4.78 is 23.3. The van der Waals surface area contributed by atoms with Crippen molar-refractivity contribution in [2.45, 2.75) is 52.6 Å². The van der Waals surface area contributed by atoms with E-state index in [0.717, 1.165) is 19.3 Å². The zero-order valence-corrected chi connectivity index (χ0v) is 12.6. The summed E-state index contributed by atoms with van der Waals surface area (Å²) in [6, 6.07) is 0. The molecule has 1 fully saturated rings. The molecular weight excluding hydrogens is 250 g/mol. The number of hydrogen-bond donors (Lipinski definition) is 2. The maximum Gasteiger partial charge on any atom is 0.150 e. The summed E-state index contributed by atoms with van der Waals surface area (Å²) >= 11 is 0. The predicted molar refractivity (Wildman–Crippen MR) is 74.1 cm³/mol. The van der Waals surface area contributed by atoms with Gasteiger partial charge in [0.1, 0.15) is 9.84 Å². The SMILES string of the molecule is CCS(=O)(=O)CCC1(CN)CCCC(C)(C)C1O. The zero-order valence-electron chi connectivity index (χ0n) is 11.8. The molecule has 0 aromatic rings. The van der Waals surface area contributed by atoms with Crippen molar-refractivity contribution < 1.29 is 13.5 Å². The molecule has 0 heterocycles. The molecule has 4 nitrogen and oxygen atoms in total. The van der Waals surface area contributed by atoms with E-state index < -0.39 is 21.4 Å². The first kappa shape index (κ1) is 15.9. The van der Waals surface area contributed by atoms with Gasteiger partial charge in [-0.2, -0.15) is 0 Å². The van der Waals surface area contributed by atoms with Gasteiger partial charge in [0.2, 0.25) is 0 Å². The summed E-state index contributed by atoms with van der Waals surface area (Å²) in [5, 5.41) is 10.5. The fraction of sp³-hybridized carbons (Fsp3) is 1.00. The van der Waals surface area contributed by atoms with Crippen molar-refractivity contribution in [2.75, 3.05) is 18.1 Å². The highest BCUT2D eigenvalue weighted by molar-refractivity contribution is 7.91. The van der Waals surface area contributed by atoms with Crippen LogP contribution in [0, 0.1) is 10.8 Å². The molecule has 18 heavy (non-hydrogen) atoms. The summed E-state index contributed by atoms with van der Waals surface area (Å²) in [7, 11) is -2.99. The van der Waals surface area contributed by atoms with E-state index in [1.165, 1.54) is 0 Å². The Kier molecular flexibility index (Phi) is 4.84. The Morgan fingerprint density at radius 3 is 2.44 bits per heavy atom. The molecule has 1 rings (SSSR count). The van der Waals surface area contributed by atoms with E-state index in [4.69, 9.17) is 5.73 Å². The van der Waals surface area contributed by atoms with Gasteiger partial charge in [0.05, 0.1) is 11.9 Å². The highest BCUT2D eigenvalue weighted by atomic mass is 32.2. The average molecular weight is 277 g/mol. The van der Waals surface area contributed by atoms with E-state index in [1.807, 2.05) is 13.8 Å². The van der Waals surface area contributed by atoms with Gasteiger partial charge in [-0.3, -0.25) is 0 Å². The molecule has 0 amide bonds. The molecule has 1 aliphatic carbocycles. The van der Waals surface area contributed by atoms with Crippen molar-refractivity contribution in [3.63, 3.8) is 0 Å². The maximum atomic E-state index is 11.6. The van der Waals surface area contributed by atoms with Gasteiger partial charge in [0, 0.05) is 17.7 Å². The van der Waals surface area contributed by atoms with E-state index >= 15 is 0 Å². The minimum absolute atomic E-state index is 0.133. The third-order valence-electron chi connectivity index (χ3n) is 4.57. The third kappa shape index (κ3) is 3.25. The lowest BCUT2D eigenvalue weighted by molar-refractivity contribution is -0.0899. The zero-order chi connectivity index (χ0) is 14.0. The van der Waals surface area contributed by atoms with E-state index in [2.05, 4.69) is 0 Å². The largest absolute Gasteiger partial charge is 0.392 e. The monoisotopic (exact) mass is 277 g/mol. The number of nitrogens with two attached hydrogens (primary N) is 1. The molecule has 3 N–H and O–H groups in total. The number of aliphatic hydroxyl groups is 1. The Labute approximate surface area is 111 Å². The van der Waals surface area contributed by atoms with Crippen LogP contribution in [-0.2, 0) is 9.84 Å². The Hall–Kier alpha value is -0.130. The van der Waals surface area contributed by atoms with Gasteiger partial charge < -0.3 is 10.8 Å². The Bertz CT molecular complexity index is 378. The first-order chi connectivity index (χ1) is 8.19. The number of sulfone groups is 1. The van der Waals surface area contributed by atoms with Crippen LogP contribution in [0.1, 0.15) is 46.5 Å². The summed E-state index contributed by atoms with van der Waals surface area (Å²) in [5.41, 5.74) is 5.27. The molecule has 0 aromatic carbocycles. The normalized spacial score (nSPS) is 32.4. The fourth-order valence-corrected chi connectivity index (χ4v) is 4.09. The second-order valence-electron chi connectivity index (χ2n) is 6.30. The van der Waals surface area contributed by atoms with Gasteiger partial charge in [-0.25, -0.2) is 8.42 Å². The first-order valence-corrected chi connectivity index (χ1v) is 8.60. The maximum absolute atomic E-state index is 11.6. The van der Waals surface area contributed by atoms with E-state index in [9.17, 15) is 13.5 Å². The molecule has 0 spiro atoms. The van der Waals surface area contributed by atoms with Crippen molar-refractivity contribution in [3.8, 4) is 0 Å². The second kappa shape index (κ2) is 5.47. The summed E-state index contributed by atoms with van der Waals surface area (Å²) in [6.07, 6.45) is 2.76. The molecule has 2 unspecified atom stereocenters. The van der Waals surface area contributed by atoms with Crippen molar-refractivity contribution in [3.05, 3.63) is 0 Å². The predicted octanol–water partition coefficient (Wildman–Crippen LogP) is 1.33. The van der Waals surface area contributed by atoms with Gasteiger partial charge in [-0.05, 0) is 24.7 Å². The minimum atomic E-state index is -2.99. The summed E-state index contributed by atoms with van der Waals surface area (Å²) in [6.45, 7) is 6.09. The topological polar surface area (TPSA) is 80.4 Å². The van der Waals surface area contributed by atoms with Crippen LogP contribution >= 0.6 is 0 Å². The second-order valence-corrected chi connectivity index (χ2v) is 8.77. The van der Waals surface area contributed by atoms with Crippen LogP contribution < -0.4 is 5.73 Å². The van der Waals surface area contributed by atoms with E-state index in [1.54, 1.807) is 6.92 Å². The molecule has 5 heteroatoms. The molecule has 1 aliphatic rings. The van der Waals surface area contributed by atoms with E-state index in [-0.39, 0.29) is 16.9 Å². The first-order valence-electron chi connectivity index (χ1n) is 6.78. The van der Waals surface area contributed by atoms with Crippen LogP contribution in [0.25, 0.3) is 0 Å². The van der Waals surface area contributed by atoms with Crippen LogP contribution in [-0.4, -0.2) is 37.7 Å². The quantitative estimate of drug-likeness (QED) is 0.794. The van der Waals surface area contributed by atoms with Crippen molar-refractivity contribution in [1.29, 1.82) is 0 Å². The fourth-order valence-electron chi connectivity index (χ4n) is 3.08. The minimum Gasteiger partial charge on any atom is -0.392 e. The smallest absolute Gasteiger partial charge is 0.150 e. The molecule has 2 atom stereocenters. The van der Waals surface area contributed by atoms with Crippen molar-refractivity contribution >= 4 is 9.84 Å². The van der Waals surface area contributed by atoms with Crippen LogP contribution in [0.4, 0.5) is 0 Å². The van der Waals surface area contributed by atoms with Crippen LogP contribution in [0.15, 0.2) is 0 Å². The average Bonchev–Trinajstić information content (AvgIpc) is 2.32. The molecule has 0 bridgehead atoms. The van der Waals surface area contributed by atoms with Crippen molar-refractivity contribution in [1.82, 2.24) is 0 Å². The number of aliphatic hydroxyl groups excluding tert-OH is 1. The molecule has 108 valence electrons. The number of hydrogen-bond acceptors (Lipinski definition) is 4. The van der Waals surface area contributed by atoms with Crippen LogP contribution in [0.5, 0.6) is 0 Å². The third-order valence-corrected chi connectivity index (χ3v) is 6.28. The molecule has 0 radical (unpaired) electrons. The van der Waals surface area contributed by atoms with Gasteiger partial charge in [-0.1, -0.05) is 27.2 Å². The lowest BCUT2D eigenvalue weighted by Crippen LogP contribution is -2.53. The molecule has 0 aliphatic heterocycles. The Morgan fingerprint density at radius 2 is 1.94 bits per heavy atom. The molecule has 0 aromatic heterocycles. The molecule has 0 saturated heterocycles. The number of rotatable bonds is 5. The van der Waals surface area contributed by atoms with Gasteiger partial charge in [-0.15, -0.1) is 0 Å². The lowest BCUT2D eigenvalue weighted by Gasteiger charge is -2.49. The molecular formula is C13H27NO3S. The highest BCUT2D eigenvalue weighted by Gasteiger charge is 2.47. The van der Waals surface area contributed by atoms with Crippen LogP contribution in [0.3, 0.4) is 0 Å². The van der Waals surface area contributed by atoms with Gasteiger partial charge in [0.15, 0.2) is 0 Å². The molecule has 1 saturated carbocycles. The Balaban J connectivity index is 2.85. The van der Waals surface area contributed by atoms with Gasteiger partial charge in [0.25, 0.3) is 0 Å². The Morgan fingerprint density at radius 1 is 1.33 bits per heavy atom. The summed E-state index contributed by atoms with van der Waals surface area (Å²) in [5.74, 6) is 0.293. The van der Waals surface area contributed by atoms with Gasteiger partial charge >= 0.3 is 0 Å². The highest BCUT2D eigenvalue weighted by Crippen LogP contribution is 2.47. The standard InChI is InChI=1S/C13H27NO3S/c1-4-18(16,17)9-8-13(10-14)7-5-6-12(2,3)11(13)15/h11,15H,4-10,14H2,1-3H3. The van der Waals surface area contributed by atoms with Crippen LogP contribution in [0.2, 0.25) is 0 Å². The lowest BCUT2D eigenvalue weighted by atomic mass is 9.60. The van der Waals surface area contributed by atoms with Crippen molar-refractivity contribution in [2.24, 2.45) is 16.6 Å². The summed E-state index contributed by atoms with van der Waals surface area (Å²) in [4.78, 5) is 0.